The molecule has 3 nitrogen and oxygen atoms in total. The molecule has 2 saturated heterocycles. The van der Waals surface area contributed by atoms with Gasteiger partial charge >= 0.3 is 0 Å². The Morgan fingerprint density at radius 2 is 2.18 bits per heavy atom. The van der Waals surface area contributed by atoms with Crippen molar-refractivity contribution < 1.29 is 4.74 Å². The van der Waals surface area contributed by atoms with Gasteiger partial charge in [0, 0.05) is 42.8 Å². The topological polar surface area (TPSA) is 25.4 Å². The summed E-state index contributed by atoms with van der Waals surface area (Å²) in [7, 11) is 0. The first-order chi connectivity index (χ1) is 10.8. The highest BCUT2D eigenvalue weighted by atomic mass is 32.1. The lowest BCUT2D eigenvalue weighted by Gasteiger charge is -2.38. The number of aromatic nitrogens is 1. The zero-order valence-electron chi connectivity index (χ0n) is 12.8. The zero-order chi connectivity index (χ0) is 14.8. The fraction of sp³-hybridized carbons (Fsp3) is 0.500. The molecule has 0 aliphatic carbocycles. The van der Waals surface area contributed by atoms with Crippen LogP contribution in [0.5, 0.6) is 0 Å². The normalized spacial score (nSPS) is 24.8. The molecule has 0 saturated carbocycles. The minimum atomic E-state index is 0.118. The highest BCUT2D eigenvalue weighted by Crippen LogP contribution is 2.42. The molecule has 4 heterocycles. The summed E-state index contributed by atoms with van der Waals surface area (Å²) in [5, 5.41) is 2.17. The van der Waals surface area contributed by atoms with Crippen LogP contribution in [-0.2, 0) is 11.3 Å². The second kappa shape index (κ2) is 6.11. The van der Waals surface area contributed by atoms with Gasteiger partial charge in [0.25, 0.3) is 0 Å². The maximum absolute atomic E-state index is 6.28. The van der Waals surface area contributed by atoms with E-state index in [1.165, 1.54) is 10.4 Å². The van der Waals surface area contributed by atoms with Crippen molar-refractivity contribution in [2.24, 2.45) is 0 Å². The molecule has 22 heavy (non-hydrogen) atoms. The number of thiophene rings is 1. The van der Waals surface area contributed by atoms with Gasteiger partial charge in [-0.25, -0.2) is 0 Å². The molecule has 2 aromatic heterocycles. The van der Waals surface area contributed by atoms with E-state index in [0.717, 1.165) is 45.5 Å². The molecule has 2 fully saturated rings. The number of rotatable bonds is 3. The smallest absolute Gasteiger partial charge is 0.0713 e. The molecule has 0 bridgehead atoms. The molecule has 116 valence electrons. The molecule has 1 atom stereocenters. The molecular weight excluding hydrogens is 292 g/mol. The lowest BCUT2D eigenvalue weighted by molar-refractivity contribution is -0.0447. The van der Waals surface area contributed by atoms with Crippen molar-refractivity contribution in [1.29, 1.82) is 0 Å². The lowest BCUT2D eigenvalue weighted by atomic mass is 9.83. The summed E-state index contributed by atoms with van der Waals surface area (Å²) in [6.07, 6.45) is 7.33. The second-order valence-electron chi connectivity index (χ2n) is 6.54. The van der Waals surface area contributed by atoms with E-state index in [-0.39, 0.29) is 5.60 Å². The van der Waals surface area contributed by atoms with Crippen LogP contribution in [0.15, 0.2) is 42.0 Å². The number of nitrogens with zero attached hydrogens (tertiary/aromatic N) is 2. The van der Waals surface area contributed by atoms with Crippen molar-refractivity contribution in [1.82, 2.24) is 9.88 Å². The van der Waals surface area contributed by atoms with Gasteiger partial charge < -0.3 is 4.74 Å². The van der Waals surface area contributed by atoms with Crippen LogP contribution in [0.3, 0.4) is 0 Å². The van der Waals surface area contributed by atoms with Crippen molar-refractivity contribution in [3.8, 4) is 0 Å². The van der Waals surface area contributed by atoms with Gasteiger partial charge in [-0.05, 0) is 42.3 Å². The Morgan fingerprint density at radius 3 is 2.91 bits per heavy atom. The number of pyridine rings is 1. The van der Waals surface area contributed by atoms with Gasteiger partial charge in [0.2, 0.25) is 0 Å². The van der Waals surface area contributed by atoms with Crippen LogP contribution in [-0.4, -0.2) is 35.2 Å². The van der Waals surface area contributed by atoms with Gasteiger partial charge in [0.05, 0.1) is 12.2 Å². The van der Waals surface area contributed by atoms with E-state index in [9.17, 15) is 0 Å². The summed E-state index contributed by atoms with van der Waals surface area (Å²) in [6.45, 7) is 4.26. The minimum absolute atomic E-state index is 0.118. The maximum atomic E-state index is 6.28. The lowest BCUT2D eigenvalue weighted by Crippen LogP contribution is -2.43. The Morgan fingerprint density at radius 1 is 1.27 bits per heavy atom. The fourth-order valence-corrected chi connectivity index (χ4v) is 4.51. The predicted molar refractivity (Wildman–Crippen MR) is 89.1 cm³/mol. The predicted octanol–water partition coefficient (Wildman–Crippen LogP) is 3.68. The molecule has 2 aromatic rings. The van der Waals surface area contributed by atoms with Crippen LogP contribution >= 0.6 is 11.3 Å². The number of ether oxygens (including phenoxy) is 1. The number of likely N-dealkylation sites (tertiary alicyclic amines) is 1. The largest absolute Gasteiger partial charge is 0.374 e. The SMILES string of the molecule is c1cncc([C@H]2COC3(CCN(Cc4cccs4)CC3)C2)c1. The van der Waals surface area contributed by atoms with Crippen molar-refractivity contribution in [3.05, 3.63) is 52.5 Å². The monoisotopic (exact) mass is 314 g/mol. The molecule has 0 N–H and O–H groups in total. The quantitative estimate of drug-likeness (QED) is 0.864. The van der Waals surface area contributed by atoms with Crippen molar-refractivity contribution in [3.63, 3.8) is 0 Å². The standard InChI is InChI=1S/C18H22N2OS/c1-3-15(12-19-7-1)16-11-18(21-14-16)5-8-20(9-6-18)13-17-4-2-10-22-17/h1-4,7,10,12,16H,5-6,8-9,11,13-14H2/t16-/m1/s1. The van der Waals surface area contributed by atoms with E-state index in [2.05, 4.69) is 33.5 Å². The highest BCUT2D eigenvalue weighted by Gasteiger charge is 2.43. The molecule has 0 unspecified atom stereocenters. The molecule has 1 spiro atoms. The van der Waals surface area contributed by atoms with Gasteiger partial charge in [-0.1, -0.05) is 12.1 Å². The van der Waals surface area contributed by atoms with E-state index < -0.39 is 0 Å². The summed E-state index contributed by atoms with van der Waals surface area (Å²) in [6, 6.07) is 8.60. The molecule has 4 rings (SSSR count). The summed E-state index contributed by atoms with van der Waals surface area (Å²) in [4.78, 5) is 8.29. The zero-order valence-corrected chi connectivity index (χ0v) is 13.6. The molecule has 0 aromatic carbocycles. The fourth-order valence-electron chi connectivity index (χ4n) is 3.77. The Balaban J connectivity index is 1.35. The van der Waals surface area contributed by atoms with E-state index in [1.807, 2.05) is 29.8 Å². The van der Waals surface area contributed by atoms with E-state index in [4.69, 9.17) is 4.74 Å². The summed E-state index contributed by atoms with van der Waals surface area (Å²) in [5.41, 5.74) is 1.45. The first-order valence-electron chi connectivity index (χ1n) is 8.12. The molecule has 2 aliphatic rings. The average molecular weight is 314 g/mol. The minimum Gasteiger partial charge on any atom is -0.374 e. The van der Waals surface area contributed by atoms with Gasteiger partial charge in [-0.3, -0.25) is 9.88 Å². The highest BCUT2D eigenvalue weighted by molar-refractivity contribution is 7.09. The molecule has 0 amide bonds. The summed E-state index contributed by atoms with van der Waals surface area (Å²) in [5.74, 6) is 0.526. The van der Waals surface area contributed by atoms with E-state index in [0.29, 0.717) is 5.92 Å². The van der Waals surface area contributed by atoms with Crippen LogP contribution in [0.2, 0.25) is 0 Å². The average Bonchev–Trinajstić information content (AvgIpc) is 3.21. The van der Waals surface area contributed by atoms with Crippen LogP contribution in [0, 0.1) is 0 Å². The molecular formula is C18H22N2OS. The van der Waals surface area contributed by atoms with E-state index in [1.54, 1.807) is 0 Å². The Hall–Kier alpha value is -1.23. The van der Waals surface area contributed by atoms with Crippen molar-refractivity contribution in [2.75, 3.05) is 19.7 Å². The molecule has 0 radical (unpaired) electrons. The summed E-state index contributed by atoms with van der Waals surface area (Å²) >= 11 is 1.86. The third-order valence-electron chi connectivity index (χ3n) is 5.09. The van der Waals surface area contributed by atoms with Crippen molar-refractivity contribution in [2.45, 2.75) is 37.3 Å². The first kappa shape index (κ1) is 14.4. The number of hydrogen-bond acceptors (Lipinski definition) is 4. The van der Waals surface area contributed by atoms with Gasteiger partial charge in [0.1, 0.15) is 0 Å². The number of piperidine rings is 1. The maximum Gasteiger partial charge on any atom is 0.0713 e. The van der Waals surface area contributed by atoms with Crippen molar-refractivity contribution >= 4 is 11.3 Å². The second-order valence-corrected chi connectivity index (χ2v) is 7.57. The molecule has 2 aliphatic heterocycles. The van der Waals surface area contributed by atoms with E-state index >= 15 is 0 Å². The third kappa shape index (κ3) is 2.96. The Kier molecular flexibility index (Phi) is 3.99. The van der Waals surface area contributed by atoms with Gasteiger partial charge in [0.15, 0.2) is 0 Å². The molecule has 4 heteroatoms. The Labute approximate surface area is 135 Å². The van der Waals surface area contributed by atoms with Gasteiger partial charge in [-0.2, -0.15) is 0 Å². The first-order valence-corrected chi connectivity index (χ1v) is 9.00. The van der Waals surface area contributed by atoms with Crippen LogP contribution in [0.1, 0.15) is 35.6 Å². The van der Waals surface area contributed by atoms with Crippen LogP contribution < -0.4 is 0 Å². The third-order valence-corrected chi connectivity index (χ3v) is 5.95. The summed E-state index contributed by atoms with van der Waals surface area (Å²) < 4.78 is 6.28. The number of hydrogen-bond donors (Lipinski definition) is 0. The van der Waals surface area contributed by atoms with Gasteiger partial charge in [-0.15, -0.1) is 11.3 Å². The Bertz CT molecular complexity index is 591. The van der Waals surface area contributed by atoms with Crippen LogP contribution in [0.25, 0.3) is 0 Å². The van der Waals surface area contributed by atoms with Crippen LogP contribution in [0.4, 0.5) is 0 Å².